The van der Waals surface area contributed by atoms with E-state index in [4.69, 9.17) is 5.73 Å². The number of hydrogen-bond donors (Lipinski definition) is 1. The minimum atomic E-state index is -0.0845. The van der Waals surface area contributed by atoms with Crippen molar-refractivity contribution in [3.63, 3.8) is 0 Å². The Bertz CT molecular complexity index is 481. The summed E-state index contributed by atoms with van der Waals surface area (Å²) in [5.41, 5.74) is 6.59. The molecular formula is C15H24N4O. The van der Waals surface area contributed by atoms with Gasteiger partial charge in [0.2, 0.25) is 0 Å². The van der Waals surface area contributed by atoms with Gasteiger partial charge in [-0.15, -0.1) is 0 Å². The van der Waals surface area contributed by atoms with Crippen molar-refractivity contribution in [3.05, 3.63) is 17.7 Å². The van der Waals surface area contributed by atoms with Gasteiger partial charge in [0.15, 0.2) is 5.69 Å². The van der Waals surface area contributed by atoms with E-state index in [1.165, 1.54) is 19.3 Å². The van der Waals surface area contributed by atoms with Crippen LogP contribution in [0.4, 0.5) is 5.69 Å². The molecule has 1 aromatic rings. The lowest BCUT2D eigenvalue weighted by Crippen LogP contribution is -2.39. The van der Waals surface area contributed by atoms with Crippen LogP contribution in [0.15, 0.2) is 6.20 Å². The Labute approximate surface area is 120 Å². The highest BCUT2D eigenvalue weighted by Gasteiger charge is 2.25. The quantitative estimate of drug-likeness (QED) is 0.921. The van der Waals surface area contributed by atoms with Crippen molar-refractivity contribution in [2.24, 2.45) is 0 Å². The van der Waals surface area contributed by atoms with Gasteiger partial charge in [0, 0.05) is 19.0 Å². The molecule has 1 aromatic heterocycles. The van der Waals surface area contributed by atoms with Crippen LogP contribution in [0.3, 0.4) is 0 Å². The molecule has 5 nitrogen and oxygen atoms in total. The maximum atomic E-state index is 12.6. The molecule has 0 spiro atoms. The fourth-order valence-electron chi connectivity index (χ4n) is 2.66. The molecule has 2 rings (SSSR count). The second-order valence-electron chi connectivity index (χ2n) is 5.89. The Morgan fingerprint density at radius 3 is 2.60 bits per heavy atom. The fourth-order valence-corrected chi connectivity index (χ4v) is 2.66. The lowest BCUT2D eigenvalue weighted by atomic mass is 9.94. The lowest BCUT2D eigenvalue weighted by molar-refractivity contribution is 0.0691. The summed E-state index contributed by atoms with van der Waals surface area (Å²) in [6, 6.07) is 0.313. The second kappa shape index (κ2) is 6.20. The minimum absolute atomic E-state index is 0.0845. The van der Waals surface area contributed by atoms with Gasteiger partial charge >= 0.3 is 0 Å². The molecule has 0 aromatic carbocycles. The van der Waals surface area contributed by atoms with E-state index >= 15 is 0 Å². The van der Waals surface area contributed by atoms with Gasteiger partial charge in [0.05, 0.1) is 11.9 Å². The van der Waals surface area contributed by atoms with E-state index in [0.29, 0.717) is 23.2 Å². The van der Waals surface area contributed by atoms with Crippen LogP contribution < -0.4 is 5.73 Å². The number of carbonyl (C=O) groups is 1. The van der Waals surface area contributed by atoms with Crippen LogP contribution in [-0.4, -0.2) is 33.9 Å². The summed E-state index contributed by atoms with van der Waals surface area (Å²) in [7, 11) is 1.86. The first-order valence-corrected chi connectivity index (χ1v) is 7.40. The zero-order valence-electron chi connectivity index (χ0n) is 12.6. The van der Waals surface area contributed by atoms with Crippen LogP contribution in [0.1, 0.15) is 68.2 Å². The van der Waals surface area contributed by atoms with Gasteiger partial charge in [0.25, 0.3) is 5.91 Å². The molecular weight excluding hydrogens is 252 g/mol. The Hall–Kier alpha value is -1.65. The molecule has 1 amide bonds. The van der Waals surface area contributed by atoms with E-state index in [1.807, 2.05) is 25.8 Å². The van der Waals surface area contributed by atoms with E-state index < -0.39 is 0 Å². The number of aromatic nitrogens is 2. The average Bonchev–Trinajstić information content (AvgIpc) is 2.47. The highest BCUT2D eigenvalue weighted by Crippen LogP contribution is 2.24. The van der Waals surface area contributed by atoms with Crippen molar-refractivity contribution >= 4 is 11.6 Å². The standard InChI is InChI=1S/C15H24N4O/c1-10(2)14-17-9-12(16)13(18-14)15(20)19(3)11-7-5-4-6-8-11/h9-11H,4-8,16H2,1-3H3. The van der Waals surface area contributed by atoms with Crippen molar-refractivity contribution in [1.29, 1.82) is 0 Å². The van der Waals surface area contributed by atoms with Crippen LogP contribution in [0.2, 0.25) is 0 Å². The zero-order chi connectivity index (χ0) is 14.7. The van der Waals surface area contributed by atoms with Gasteiger partial charge in [-0.2, -0.15) is 0 Å². The fraction of sp³-hybridized carbons (Fsp3) is 0.667. The highest BCUT2D eigenvalue weighted by atomic mass is 16.2. The van der Waals surface area contributed by atoms with Gasteiger partial charge in [-0.1, -0.05) is 33.1 Å². The number of hydrogen-bond acceptors (Lipinski definition) is 4. The zero-order valence-corrected chi connectivity index (χ0v) is 12.6. The maximum absolute atomic E-state index is 12.6. The molecule has 1 aliphatic rings. The van der Waals surface area contributed by atoms with Crippen LogP contribution in [0.5, 0.6) is 0 Å². The number of nitrogens with two attached hydrogens (primary N) is 1. The maximum Gasteiger partial charge on any atom is 0.274 e. The van der Waals surface area contributed by atoms with Crippen molar-refractivity contribution < 1.29 is 4.79 Å². The SMILES string of the molecule is CC(C)c1ncc(N)c(C(=O)N(C)C2CCCCC2)n1. The molecule has 2 N–H and O–H groups in total. The molecule has 1 fully saturated rings. The highest BCUT2D eigenvalue weighted by molar-refractivity contribution is 5.97. The molecule has 110 valence electrons. The van der Waals surface area contributed by atoms with Crippen LogP contribution >= 0.6 is 0 Å². The van der Waals surface area contributed by atoms with E-state index in [1.54, 1.807) is 6.20 Å². The van der Waals surface area contributed by atoms with Crippen molar-refractivity contribution in [1.82, 2.24) is 14.9 Å². The Balaban J connectivity index is 2.21. The number of amides is 1. The van der Waals surface area contributed by atoms with Gasteiger partial charge in [-0.25, -0.2) is 9.97 Å². The smallest absolute Gasteiger partial charge is 0.274 e. The van der Waals surface area contributed by atoms with Crippen LogP contribution in [0.25, 0.3) is 0 Å². The summed E-state index contributed by atoms with van der Waals surface area (Å²) in [6.07, 6.45) is 7.35. The lowest BCUT2D eigenvalue weighted by Gasteiger charge is -2.31. The second-order valence-corrected chi connectivity index (χ2v) is 5.89. The number of anilines is 1. The molecule has 0 aliphatic heterocycles. The van der Waals surface area contributed by atoms with Gasteiger partial charge in [-0.05, 0) is 12.8 Å². The van der Waals surface area contributed by atoms with Crippen molar-refractivity contribution in [2.75, 3.05) is 12.8 Å². The predicted octanol–water partition coefficient (Wildman–Crippen LogP) is 2.59. The first-order chi connectivity index (χ1) is 9.50. The van der Waals surface area contributed by atoms with Crippen LogP contribution in [-0.2, 0) is 0 Å². The van der Waals surface area contributed by atoms with E-state index in [9.17, 15) is 4.79 Å². The predicted molar refractivity (Wildman–Crippen MR) is 79.5 cm³/mol. The summed E-state index contributed by atoms with van der Waals surface area (Å²) in [4.78, 5) is 22.9. The molecule has 5 heteroatoms. The molecule has 0 radical (unpaired) electrons. The summed E-state index contributed by atoms with van der Waals surface area (Å²) in [5, 5.41) is 0. The number of nitrogen functional groups attached to an aromatic ring is 1. The molecule has 1 aliphatic carbocycles. The van der Waals surface area contributed by atoms with Crippen molar-refractivity contribution in [2.45, 2.75) is 57.9 Å². The molecule has 0 unspecified atom stereocenters. The van der Waals surface area contributed by atoms with E-state index in [-0.39, 0.29) is 11.8 Å². The summed E-state index contributed by atoms with van der Waals surface area (Å²) in [6.45, 7) is 4.01. The van der Waals surface area contributed by atoms with Crippen LogP contribution in [0, 0.1) is 0 Å². The summed E-state index contributed by atoms with van der Waals surface area (Å²) < 4.78 is 0. The largest absolute Gasteiger partial charge is 0.396 e. The molecule has 1 saturated carbocycles. The average molecular weight is 276 g/mol. The molecule has 1 heterocycles. The summed E-state index contributed by atoms with van der Waals surface area (Å²) >= 11 is 0. The third-order valence-corrected chi connectivity index (χ3v) is 4.00. The topological polar surface area (TPSA) is 72.1 Å². The number of nitrogens with zero attached hydrogens (tertiary/aromatic N) is 3. The summed E-state index contributed by atoms with van der Waals surface area (Å²) in [5.74, 6) is 0.764. The Morgan fingerprint density at radius 1 is 1.35 bits per heavy atom. The normalized spacial score (nSPS) is 16.4. The third kappa shape index (κ3) is 3.08. The van der Waals surface area contributed by atoms with E-state index in [0.717, 1.165) is 12.8 Å². The first-order valence-electron chi connectivity index (χ1n) is 7.40. The Kier molecular flexibility index (Phi) is 4.57. The third-order valence-electron chi connectivity index (χ3n) is 4.00. The monoisotopic (exact) mass is 276 g/mol. The molecule has 20 heavy (non-hydrogen) atoms. The Morgan fingerprint density at radius 2 is 2.00 bits per heavy atom. The molecule has 0 atom stereocenters. The van der Waals surface area contributed by atoms with Crippen molar-refractivity contribution in [3.8, 4) is 0 Å². The minimum Gasteiger partial charge on any atom is -0.396 e. The number of carbonyl (C=O) groups excluding carboxylic acids is 1. The van der Waals surface area contributed by atoms with Gasteiger partial charge in [0.1, 0.15) is 5.82 Å². The van der Waals surface area contributed by atoms with Gasteiger partial charge in [-0.3, -0.25) is 4.79 Å². The first kappa shape index (κ1) is 14.8. The van der Waals surface area contributed by atoms with E-state index in [2.05, 4.69) is 9.97 Å². The molecule has 0 bridgehead atoms. The number of rotatable bonds is 3. The van der Waals surface area contributed by atoms with Gasteiger partial charge < -0.3 is 10.6 Å². The molecule has 0 saturated heterocycles.